The quantitative estimate of drug-likeness (QED) is 0.673. The fraction of sp³-hybridized carbons (Fsp3) is 0.545. The number of amides is 1. The Morgan fingerprint density at radius 1 is 1.27 bits per heavy atom. The van der Waals surface area contributed by atoms with E-state index in [0.29, 0.717) is 12.5 Å². The molecule has 4 rings (SSSR count). The normalized spacial score (nSPS) is 21.0. The lowest BCUT2D eigenvalue weighted by molar-refractivity contribution is -0.120. The summed E-state index contributed by atoms with van der Waals surface area (Å²) in [6, 6.07) is 5.75. The third kappa shape index (κ3) is 5.31. The summed E-state index contributed by atoms with van der Waals surface area (Å²) in [4.78, 5) is 25.7. The zero-order valence-electron chi connectivity index (χ0n) is 17.5. The van der Waals surface area contributed by atoms with Crippen molar-refractivity contribution in [2.75, 3.05) is 43.5 Å². The molecule has 2 aromatic heterocycles. The van der Waals surface area contributed by atoms with Gasteiger partial charge in [0.15, 0.2) is 0 Å². The van der Waals surface area contributed by atoms with Gasteiger partial charge in [-0.1, -0.05) is 6.92 Å². The molecule has 2 aliphatic rings. The fourth-order valence-electron chi connectivity index (χ4n) is 3.90. The molecule has 4 heterocycles. The van der Waals surface area contributed by atoms with Crippen LogP contribution >= 0.6 is 0 Å². The van der Waals surface area contributed by atoms with E-state index in [1.165, 1.54) is 0 Å². The third-order valence-corrected chi connectivity index (χ3v) is 6.01. The van der Waals surface area contributed by atoms with Crippen LogP contribution in [0.5, 0.6) is 0 Å². The molecule has 8 nitrogen and oxygen atoms in total. The molecule has 0 aliphatic carbocycles. The third-order valence-electron chi connectivity index (χ3n) is 6.01. The number of aromatic nitrogens is 3. The summed E-state index contributed by atoms with van der Waals surface area (Å²) in [5, 5.41) is 9.59. The molecular weight excluding hydrogens is 380 g/mol. The number of carbonyl (C=O) groups excluding carboxylic acids is 1. The van der Waals surface area contributed by atoms with Gasteiger partial charge in [-0.25, -0.2) is 15.0 Å². The molecule has 2 fully saturated rings. The molecule has 0 spiro atoms. The number of rotatable bonds is 6. The van der Waals surface area contributed by atoms with Crippen LogP contribution < -0.4 is 16.0 Å². The monoisotopic (exact) mass is 410 g/mol. The van der Waals surface area contributed by atoms with Gasteiger partial charge in [-0.05, 0) is 55.8 Å². The van der Waals surface area contributed by atoms with Gasteiger partial charge in [0, 0.05) is 44.3 Å². The van der Waals surface area contributed by atoms with Gasteiger partial charge in [0.1, 0.15) is 5.82 Å². The maximum absolute atomic E-state index is 12.5. The molecule has 2 aliphatic heterocycles. The molecule has 8 heteroatoms. The van der Waals surface area contributed by atoms with Crippen LogP contribution in [0.4, 0.5) is 11.8 Å². The number of hydrogen-bond donors (Lipinski definition) is 3. The number of nitrogens with zero attached hydrogens (tertiary/aromatic N) is 3. The van der Waals surface area contributed by atoms with Crippen molar-refractivity contribution in [1.29, 1.82) is 0 Å². The number of anilines is 2. The van der Waals surface area contributed by atoms with Crippen molar-refractivity contribution >= 4 is 17.7 Å². The van der Waals surface area contributed by atoms with Crippen molar-refractivity contribution in [2.45, 2.75) is 32.6 Å². The Kier molecular flexibility index (Phi) is 6.54. The van der Waals surface area contributed by atoms with E-state index in [2.05, 4.69) is 37.8 Å². The topological polar surface area (TPSA) is 101 Å². The summed E-state index contributed by atoms with van der Waals surface area (Å²) in [7, 11) is 0. The molecule has 3 N–H and O–H groups in total. The molecule has 2 aromatic rings. The first-order valence-corrected chi connectivity index (χ1v) is 10.7. The molecule has 30 heavy (non-hydrogen) atoms. The summed E-state index contributed by atoms with van der Waals surface area (Å²) in [5.74, 6) is 1.09. The number of carbonyl (C=O) groups is 1. The van der Waals surface area contributed by atoms with Gasteiger partial charge in [-0.3, -0.25) is 10.1 Å². The van der Waals surface area contributed by atoms with Crippen LogP contribution in [0.1, 0.15) is 32.6 Å². The second kappa shape index (κ2) is 9.49. The van der Waals surface area contributed by atoms with Crippen LogP contribution in [0.2, 0.25) is 0 Å². The van der Waals surface area contributed by atoms with Gasteiger partial charge >= 0.3 is 0 Å². The number of piperidine rings is 1. The molecule has 0 aromatic carbocycles. The smallest absolute Gasteiger partial charge is 0.231 e. The van der Waals surface area contributed by atoms with Crippen LogP contribution in [0, 0.1) is 11.3 Å². The molecule has 0 radical (unpaired) electrons. The molecule has 0 saturated carbocycles. The van der Waals surface area contributed by atoms with Gasteiger partial charge in [0.05, 0.1) is 11.6 Å². The van der Waals surface area contributed by atoms with E-state index in [4.69, 9.17) is 4.74 Å². The predicted molar refractivity (Wildman–Crippen MR) is 116 cm³/mol. The summed E-state index contributed by atoms with van der Waals surface area (Å²) < 4.78 is 5.48. The first-order valence-electron chi connectivity index (χ1n) is 10.7. The Morgan fingerprint density at radius 3 is 2.90 bits per heavy atom. The maximum Gasteiger partial charge on any atom is 0.231 e. The predicted octanol–water partition coefficient (Wildman–Crippen LogP) is 2.71. The van der Waals surface area contributed by atoms with Crippen molar-refractivity contribution < 1.29 is 9.53 Å². The molecule has 0 bridgehead atoms. The second-order valence-electron chi connectivity index (χ2n) is 8.50. The van der Waals surface area contributed by atoms with Crippen LogP contribution in [0.25, 0.3) is 11.3 Å². The van der Waals surface area contributed by atoms with Gasteiger partial charge in [-0.15, -0.1) is 0 Å². The lowest BCUT2D eigenvalue weighted by atomic mass is 9.82. The number of ether oxygens (including phenoxy) is 1. The molecule has 160 valence electrons. The summed E-state index contributed by atoms with van der Waals surface area (Å²) in [5.41, 5.74) is 1.91. The van der Waals surface area contributed by atoms with Crippen molar-refractivity contribution in [3.05, 3.63) is 30.6 Å². The first kappa shape index (κ1) is 20.7. The van der Waals surface area contributed by atoms with E-state index in [0.717, 1.165) is 69.1 Å². The van der Waals surface area contributed by atoms with Crippen LogP contribution in [0.3, 0.4) is 0 Å². The molecular formula is C22H30N6O2. The Balaban J connectivity index is 1.41. The van der Waals surface area contributed by atoms with E-state index in [1.807, 2.05) is 18.2 Å². The lowest BCUT2D eigenvalue weighted by Gasteiger charge is -2.33. The van der Waals surface area contributed by atoms with Crippen LogP contribution in [-0.2, 0) is 9.53 Å². The number of pyridine rings is 1. The molecule has 1 amide bonds. The minimum Gasteiger partial charge on any atom is -0.381 e. The van der Waals surface area contributed by atoms with E-state index in [1.54, 1.807) is 12.4 Å². The fourth-order valence-corrected chi connectivity index (χ4v) is 3.90. The van der Waals surface area contributed by atoms with E-state index >= 15 is 0 Å². The highest BCUT2D eigenvalue weighted by Crippen LogP contribution is 2.30. The molecule has 1 atom stereocenters. The summed E-state index contributed by atoms with van der Waals surface area (Å²) >= 11 is 0. The zero-order valence-corrected chi connectivity index (χ0v) is 17.5. The van der Waals surface area contributed by atoms with E-state index in [9.17, 15) is 4.79 Å². The van der Waals surface area contributed by atoms with Crippen molar-refractivity contribution in [2.24, 2.45) is 11.3 Å². The van der Waals surface area contributed by atoms with Crippen molar-refractivity contribution in [1.82, 2.24) is 20.3 Å². The lowest BCUT2D eigenvalue weighted by Crippen LogP contribution is -2.37. The minimum atomic E-state index is -0.0331. The Hall–Kier alpha value is -2.58. The Labute approximate surface area is 177 Å². The minimum absolute atomic E-state index is 0.0267. The maximum atomic E-state index is 12.5. The van der Waals surface area contributed by atoms with Crippen molar-refractivity contribution in [3.63, 3.8) is 0 Å². The van der Waals surface area contributed by atoms with Gasteiger partial charge < -0.3 is 15.4 Å². The second-order valence-corrected chi connectivity index (χ2v) is 8.50. The van der Waals surface area contributed by atoms with Gasteiger partial charge in [-0.2, -0.15) is 0 Å². The number of nitrogens with one attached hydrogen (secondary N) is 3. The number of hydrogen-bond acceptors (Lipinski definition) is 7. The highest BCUT2D eigenvalue weighted by Gasteiger charge is 2.27. The Morgan fingerprint density at radius 2 is 2.10 bits per heavy atom. The highest BCUT2D eigenvalue weighted by atomic mass is 16.5. The molecule has 0 unspecified atom stereocenters. The highest BCUT2D eigenvalue weighted by molar-refractivity contribution is 5.91. The first-order chi connectivity index (χ1) is 14.6. The van der Waals surface area contributed by atoms with Gasteiger partial charge in [0.2, 0.25) is 11.9 Å². The summed E-state index contributed by atoms with van der Waals surface area (Å²) in [6.45, 7) is 6.45. The van der Waals surface area contributed by atoms with Crippen LogP contribution in [-0.4, -0.2) is 53.7 Å². The van der Waals surface area contributed by atoms with Crippen molar-refractivity contribution in [3.8, 4) is 11.3 Å². The van der Waals surface area contributed by atoms with E-state index < -0.39 is 0 Å². The molecule has 2 saturated heterocycles. The zero-order chi connectivity index (χ0) is 20.8. The average molecular weight is 411 g/mol. The van der Waals surface area contributed by atoms with Crippen LogP contribution in [0.15, 0.2) is 30.6 Å². The Bertz CT molecular complexity index is 862. The van der Waals surface area contributed by atoms with E-state index in [-0.39, 0.29) is 17.2 Å². The van der Waals surface area contributed by atoms with Gasteiger partial charge in [0.25, 0.3) is 0 Å². The average Bonchev–Trinajstić information content (AvgIpc) is 2.79. The largest absolute Gasteiger partial charge is 0.381 e. The summed E-state index contributed by atoms with van der Waals surface area (Å²) in [6.07, 6.45) is 7.45. The standard InChI is InChI=1S/C22H30N6O2/c1-22(6-11-30-12-7-22)15-26-19-13-16(4-9-24-19)18-5-10-25-21(27-18)28-20(29)17-3-2-8-23-14-17/h4-5,9-10,13,17,23H,2-3,6-8,11-12,14-15H2,1H3,(H,24,26)(H,25,27,28,29)/t17-/m1/s1. The SMILES string of the molecule is CC1(CNc2cc(-c3ccnc(NC(=O)[C@@H]4CCCNC4)n3)ccn2)CCOCC1.